The molecule has 1 aromatic heterocycles. The van der Waals surface area contributed by atoms with E-state index >= 15 is 0 Å². The molecule has 0 unspecified atom stereocenters. The van der Waals surface area contributed by atoms with Crippen molar-refractivity contribution in [3.8, 4) is 0 Å². The number of sulfonamides is 1. The predicted octanol–water partition coefficient (Wildman–Crippen LogP) is 4.05. The number of hydrogen-bond donors (Lipinski definition) is 1. The summed E-state index contributed by atoms with van der Waals surface area (Å²) in [5.41, 5.74) is 1.82. The second-order valence-corrected chi connectivity index (χ2v) is 10.3. The minimum Gasteiger partial charge on any atom is -0.321 e. The quantitative estimate of drug-likeness (QED) is 0.782. The van der Waals surface area contributed by atoms with E-state index in [1.165, 1.54) is 34.0 Å². The summed E-state index contributed by atoms with van der Waals surface area (Å²) in [4.78, 5) is 14.9. The van der Waals surface area contributed by atoms with Gasteiger partial charge in [-0.1, -0.05) is 12.5 Å². The van der Waals surface area contributed by atoms with E-state index in [1.54, 1.807) is 35.6 Å². The van der Waals surface area contributed by atoms with Crippen LogP contribution in [0.15, 0.2) is 35.2 Å². The van der Waals surface area contributed by atoms with E-state index in [4.69, 9.17) is 0 Å². The van der Waals surface area contributed by atoms with Crippen LogP contribution in [0.4, 0.5) is 5.69 Å². The van der Waals surface area contributed by atoms with Gasteiger partial charge in [0.05, 0.1) is 9.77 Å². The zero-order valence-electron chi connectivity index (χ0n) is 15.2. The average Bonchev–Trinajstić information content (AvgIpc) is 3.29. The van der Waals surface area contributed by atoms with Gasteiger partial charge in [-0.2, -0.15) is 4.31 Å². The number of aryl methyl sites for hydroxylation is 2. The van der Waals surface area contributed by atoms with Crippen molar-refractivity contribution in [1.29, 1.82) is 0 Å². The number of carbonyl (C=O) groups excluding carboxylic acids is 1. The number of amides is 1. The summed E-state index contributed by atoms with van der Waals surface area (Å²) in [6.07, 6.45) is 7.52. The molecule has 4 rings (SSSR count). The van der Waals surface area contributed by atoms with Gasteiger partial charge in [0.1, 0.15) is 0 Å². The molecule has 7 heteroatoms. The van der Waals surface area contributed by atoms with Crippen molar-refractivity contribution in [1.82, 2.24) is 4.31 Å². The lowest BCUT2D eigenvalue weighted by Gasteiger charge is -2.16. The number of fused-ring (bicyclic) bond motifs is 1. The van der Waals surface area contributed by atoms with Gasteiger partial charge in [0.25, 0.3) is 5.91 Å². The first-order valence-corrected chi connectivity index (χ1v) is 11.8. The van der Waals surface area contributed by atoms with E-state index in [0.717, 1.165) is 25.7 Å². The highest BCUT2D eigenvalue weighted by molar-refractivity contribution is 7.89. The molecule has 1 amide bonds. The molecule has 0 saturated carbocycles. The Bertz CT molecular complexity index is 920. The molecule has 144 valence electrons. The van der Waals surface area contributed by atoms with Gasteiger partial charge in [-0.3, -0.25) is 4.79 Å². The van der Waals surface area contributed by atoms with Crippen LogP contribution >= 0.6 is 11.3 Å². The first-order chi connectivity index (χ1) is 13.0. The first-order valence-electron chi connectivity index (χ1n) is 9.57. The molecule has 1 fully saturated rings. The third kappa shape index (κ3) is 3.95. The topological polar surface area (TPSA) is 66.5 Å². The SMILES string of the molecule is O=C(Nc1cccc(S(=O)(=O)N2CCCC2)c1)c1cc2c(s1)CCCCC2. The van der Waals surface area contributed by atoms with E-state index in [1.807, 2.05) is 6.07 Å². The van der Waals surface area contributed by atoms with Crippen molar-refractivity contribution in [2.24, 2.45) is 0 Å². The van der Waals surface area contributed by atoms with Crippen LogP contribution in [0.3, 0.4) is 0 Å². The fourth-order valence-electron chi connectivity index (χ4n) is 3.78. The third-order valence-corrected chi connectivity index (χ3v) is 8.40. The van der Waals surface area contributed by atoms with E-state index in [2.05, 4.69) is 5.32 Å². The zero-order chi connectivity index (χ0) is 18.9. The Labute approximate surface area is 164 Å². The monoisotopic (exact) mass is 404 g/mol. The molecule has 1 saturated heterocycles. The second-order valence-electron chi connectivity index (χ2n) is 7.21. The molecule has 1 N–H and O–H groups in total. The smallest absolute Gasteiger partial charge is 0.265 e. The van der Waals surface area contributed by atoms with Crippen LogP contribution < -0.4 is 5.32 Å². The summed E-state index contributed by atoms with van der Waals surface area (Å²) < 4.78 is 27.0. The molecule has 0 bridgehead atoms. The number of nitrogens with one attached hydrogen (secondary N) is 1. The van der Waals surface area contributed by atoms with E-state index < -0.39 is 10.0 Å². The van der Waals surface area contributed by atoms with E-state index in [9.17, 15) is 13.2 Å². The average molecular weight is 405 g/mol. The predicted molar refractivity (Wildman–Crippen MR) is 108 cm³/mol. The minimum atomic E-state index is -3.48. The number of benzene rings is 1. The molecule has 1 aliphatic carbocycles. The van der Waals surface area contributed by atoms with Gasteiger partial charge in [0, 0.05) is 23.7 Å². The summed E-state index contributed by atoms with van der Waals surface area (Å²) in [5.74, 6) is -0.163. The lowest BCUT2D eigenvalue weighted by molar-refractivity contribution is 0.103. The minimum absolute atomic E-state index is 0.163. The summed E-state index contributed by atoms with van der Waals surface area (Å²) in [6.45, 7) is 1.14. The van der Waals surface area contributed by atoms with Gasteiger partial charge in [0.2, 0.25) is 10.0 Å². The van der Waals surface area contributed by atoms with Crippen molar-refractivity contribution >= 4 is 33.0 Å². The number of nitrogens with zero attached hydrogens (tertiary/aromatic N) is 1. The highest BCUT2D eigenvalue weighted by Crippen LogP contribution is 2.30. The van der Waals surface area contributed by atoms with E-state index in [0.29, 0.717) is 23.7 Å². The summed E-state index contributed by atoms with van der Waals surface area (Å²) in [7, 11) is -3.48. The molecular weight excluding hydrogens is 380 g/mol. The summed E-state index contributed by atoms with van der Waals surface area (Å²) in [6, 6.07) is 8.58. The van der Waals surface area contributed by atoms with Gasteiger partial charge in [-0.25, -0.2) is 8.42 Å². The van der Waals surface area contributed by atoms with E-state index in [-0.39, 0.29) is 10.8 Å². The maximum atomic E-state index is 12.7. The van der Waals surface area contributed by atoms with Gasteiger partial charge in [0.15, 0.2) is 0 Å². The van der Waals surface area contributed by atoms with Crippen LogP contribution in [0.25, 0.3) is 0 Å². The third-order valence-electron chi connectivity index (χ3n) is 5.27. The van der Waals surface area contributed by atoms with Gasteiger partial charge in [-0.15, -0.1) is 11.3 Å². The van der Waals surface area contributed by atoms with Crippen molar-refractivity contribution in [2.45, 2.75) is 49.8 Å². The second kappa shape index (κ2) is 7.73. The van der Waals surface area contributed by atoms with Gasteiger partial charge >= 0.3 is 0 Å². The van der Waals surface area contributed by atoms with Crippen LogP contribution in [0, 0.1) is 0 Å². The number of carbonyl (C=O) groups is 1. The molecule has 0 atom stereocenters. The molecule has 0 spiro atoms. The van der Waals surface area contributed by atoms with Gasteiger partial charge in [-0.05, 0) is 68.4 Å². The lowest BCUT2D eigenvalue weighted by Crippen LogP contribution is -2.27. The normalized spacial score (nSPS) is 18.1. The standard InChI is InChI=1S/C20H24N2O3S2/c23-20(19-13-15-7-2-1-3-10-18(15)26-19)21-16-8-6-9-17(14-16)27(24,25)22-11-4-5-12-22/h6,8-9,13-14H,1-5,7,10-12H2,(H,21,23). The molecule has 0 radical (unpaired) electrons. The fraction of sp³-hybridized carbons (Fsp3) is 0.450. The maximum Gasteiger partial charge on any atom is 0.265 e. The molecule has 1 aromatic carbocycles. The maximum absolute atomic E-state index is 12.7. The highest BCUT2D eigenvalue weighted by Gasteiger charge is 2.27. The zero-order valence-corrected chi connectivity index (χ0v) is 16.9. The number of rotatable bonds is 4. The highest BCUT2D eigenvalue weighted by atomic mass is 32.2. The van der Waals surface area contributed by atoms with Crippen LogP contribution in [0.2, 0.25) is 0 Å². The largest absolute Gasteiger partial charge is 0.321 e. The van der Waals surface area contributed by atoms with Crippen LogP contribution in [0.1, 0.15) is 52.2 Å². The van der Waals surface area contributed by atoms with Crippen molar-refractivity contribution in [3.05, 3.63) is 45.6 Å². The van der Waals surface area contributed by atoms with Gasteiger partial charge < -0.3 is 5.32 Å². The van der Waals surface area contributed by atoms with Crippen LogP contribution in [0.5, 0.6) is 0 Å². The van der Waals surface area contributed by atoms with Crippen molar-refractivity contribution in [3.63, 3.8) is 0 Å². The molecule has 2 heterocycles. The van der Waals surface area contributed by atoms with Crippen molar-refractivity contribution in [2.75, 3.05) is 18.4 Å². The van der Waals surface area contributed by atoms with Crippen LogP contribution in [-0.4, -0.2) is 31.7 Å². The lowest BCUT2D eigenvalue weighted by atomic mass is 10.1. The summed E-state index contributed by atoms with van der Waals surface area (Å²) >= 11 is 1.57. The Hall–Kier alpha value is -1.70. The van der Waals surface area contributed by atoms with Crippen molar-refractivity contribution < 1.29 is 13.2 Å². The molecule has 2 aliphatic rings. The number of anilines is 1. The number of thiophene rings is 1. The Balaban J connectivity index is 1.52. The Morgan fingerprint density at radius 3 is 2.59 bits per heavy atom. The summed E-state index contributed by atoms with van der Waals surface area (Å²) in [5, 5.41) is 2.87. The van der Waals surface area contributed by atoms with Crippen LogP contribution in [-0.2, 0) is 22.9 Å². The molecule has 5 nitrogen and oxygen atoms in total. The Morgan fingerprint density at radius 2 is 1.78 bits per heavy atom. The Kier molecular flexibility index (Phi) is 5.34. The molecular formula is C20H24N2O3S2. The Morgan fingerprint density at radius 1 is 1.00 bits per heavy atom. The molecule has 1 aliphatic heterocycles. The molecule has 2 aromatic rings. The number of hydrogen-bond acceptors (Lipinski definition) is 4. The fourth-order valence-corrected chi connectivity index (χ4v) is 6.50. The first kappa shape index (κ1) is 18.7. The molecule has 27 heavy (non-hydrogen) atoms.